The van der Waals surface area contributed by atoms with Crippen molar-refractivity contribution in [3.8, 4) is 0 Å². The predicted molar refractivity (Wildman–Crippen MR) is 42.5 cm³/mol. The molecular weight excluding hydrogens is 142 g/mol. The van der Waals surface area contributed by atoms with Crippen LogP contribution in [0.25, 0.3) is 0 Å². The minimum atomic E-state index is -0.701. The van der Waals surface area contributed by atoms with Crippen LogP contribution in [0.5, 0.6) is 0 Å². The maximum Gasteiger partial charge on any atom is 0.176 e. The Morgan fingerprint density at radius 2 is 2.55 bits per heavy atom. The molecule has 1 aliphatic rings. The Hall–Kier alpha value is -1.29. The van der Waals surface area contributed by atoms with Crippen LogP contribution in [-0.4, -0.2) is 16.0 Å². The Morgan fingerprint density at radius 1 is 1.73 bits per heavy atom. The van der Waals surface area contributed by atoms with E-state index in [-0.39, 0.29) is 0 Å². The molecule has 1 aromatic heterocycles. The first-order valence-corrected chi connectivity index (χ1v) is 3.40. The number of aromatic nitrogens is 1. The van der Waals surface area contributed by atoms with Crippen molar-refractivity contribution >= 4 is 12.2 Å². The molecule has 0 amide bonds. The zero-order valence-corrected chi connectivity index (χ0v) is 6.15. The number of anilines is 1. The molecule has 2 heterocycles. The highest BCUT2D eigenvalue weighted by atomic mass is 16.3. The van der Waals surface area contributed by atoms with E-state index in [1.165, 1.54) is 6.34 Å². The number of aliphatic hydroxyl groups excluding tert-OH is 1. The van der Waals surface area contributed by atoms with Gasteiger partial charge in [0, 0.05) is 18.8 Å². The van der Waals surface area contributed by atoms with E-state index in [0.29, 0.717) is 0 Å². The summed E-state index contributed by atoms with van der Waals surface area (Å²) in [5.41, 5.74) is 0.829. The van der Waals surface area contributed by atoms with Crippen LogP contribution in [0, 0.1) is 0 Å². The van der Waals surface area contributed by atoms with Crippen LogP contribution in [0.2, 0.25) is 0 Å². The molecule has 0 spiro atoms. The largest absolute Gasteiger partial charge is 0.368 e. The van der Waals surface area contributed by atoms with Gasteiger partial charge in [0.25, 0.3) is 0 Å². The first-order valence-electron chi connectivity index (χ1n) is 3.40. The summed E-state index contributed by atoms with van der Waals surface area (Å²) in [7, 11) is 1.91. The maximum atomic E-state index is 9.32. The van der Waals surface area contributed by atoms with Gasteiger partial charge in [-0.3, -0.25) is 0 Å². The van der Waals surface area contributed by atoms with Crippen LogP contribution < -0.4 is 5.32 Å². The van der Waals surface area contributed by atoms with Gasteiger partial charge in [-0.1, -0.05) is 0 Å². The van der Waals surface area contributed by atoms with Crippen molar-refractivity contribution in [2.24, 2.45) is 12.0 Å². The van der Waals surface area contributed by atoms with E-state index in [4.69, 9.17) is 0 Å². The summed E-state index contributed by atoms with van der Waals surface area (Å²) in [5.74, 6) is 0.910. The summed E-state index contributed by atoms with van der Waals surface area (Å²) in [5, 5.41) is 12.3. The van der Waals surface area contributed by atoms with Crippen LogP contribution in [0.3, 0.4) is 0 Å². The lowest BCUT2D eigenvalue weighted by Gasteiger charge is -2.13. The number of aliphatic hydroxyl groups is 1. The van der Waals surface area contributed by atoms with Crippen LogP contribution in [0.15, 0.2) is 17.3 Å². The molecule has 0 aromatic carbocycles. The molecule has 11 heavy (non-hydrogen) atoms. The molecule has 0 aliphatic carbocycles. The second kappa shape index (κ2) is 2.10. The molecule has 0 bridgehead atoms. The van der Waals surface area contributed by atoms with Gasteiger partial charge in [-0.05, 0) is 6.07 Å². The third-order valence-corrected chi connectivity index (χ3v) is 1.80. The van der Waals surface area contributed by atoms with E-state index in [1.807, 2.05) is 23.9 Å². The Balaban J connectivity index is 2.52. The second-order valence-corrected chi connectivity index (χ2v) is 2.53. The van der Waals surface area contributed by atoms with Crippen molar-refractivity contribution in [1.29, 1.82) is 0 Å². The van der Waals surface area contributed by atoms with E-state index in [0.717, 1.165) is 11.4 Å². The molecule has 1 atom stereocenters. The van der Waals surface area contributed by atoms with Crippen LogP contribution in [0.4, 0.5) is 5.82 Å². The highest BCUT2D eigenvalue weighted by molar-refractivity contribution is 5.78. The van der Waals surface area contributed by atoms with Crippen molar-refractivity contribution in [3.05, 3.63) is 17.8 Å². The normalized spacial score (nSPS) is 21.1. The van der Waals surface area contributed by atoms with Gasteiger partial charge in [0.2, 0.25) is 0 Å². The summed E-state index contributed by atoms with van der Waals surface area (Å²) in [6.07, 6.45) is 2.69. The minimum Gasteiger partial charge on any atom is -0.368 e. The number of nitrogens with zero attached hydrogens (tertiary/aromatic N) is 2. The lowest BCUT2D eigenvalue weighted by atomic mass is 10.2. The van der Waals surface area contributed by atoms with Crippen molar-refractivity contribution in [2.75, 3.05) is 5.32 Å². The molecule has 1 unspecified atom stereocenters. The fraction of sp³-hybridized carbons (Fsp3) is 0.286. The van der Waals surface area contributed by atoms with Gasteiger partial charge in [-0.15, -0.1) is 0 Å². The molecule has 0 radical (unpaired) electrons. The molecule has 2 rings (SSSR count). The first-order chi connectivity index (χ1) is 5.29. The fourth-order valence-electron chi connectivity index (χ4n) is 1.19. The van der Waals surface area contributed by atoms with Gasteiger partial charge in [-0.2, -0.15) is 0 Å². The van der Waals surface area contributed by atoms with E-state index in [9.17, 15) is 5.11 Å². The summed E-state index contributed by atoms with van der Waals surface area (Å²) in [4.78, 5) is 3.79. The zero-order chi connectivity index (χ0) is 7.84. The summed E-state index contributed by atoms with van der Waals surface area (Å²) in [6, 6.07) is 1.85. The van der Waals surface area contributed by atoms with Gasteiger partial charge in [-0.25, -0.2) is 4.99 Å². The van der Waals surface area contributed by atoms with E-state index < -0.39 is 6.23 Å². The maximum absolute atomic E-state index is 9.32. The summed E-state index contributed by atoms with van der Waals surface area (Å²) < 4.78 is 1.91. The van der Waals surface area contributed by atoms with Gasteiger partial charge in [0.05, 0.1) is 6.34 Å². The van der Waals surface area contributed by atoms with E-state index in [2.05, 4.69) is 10.3 Å². The Kier molecular flexibility index (Phi) is 1.22. The molecule has 0 saturated carbocycles. The topological polar surface area (TPSA) is 49.5 Å². The van der Waals surface area contributed by atoms with Crippen LogP contribution in [0.1, 0.15) is 11.8 Å². The monoisotopic (exact) mass is 151 g/mol. The Labute approximate surface area is 64.2 Å². The number of hydrogen-bond donors (Lipinski definition) is 2. The minimum absolute atomic E-state index is 0.701. The van der Waals surface area contributed by atoms with Gasteiger partial charge >= 0.3 is 0 Å². The van der Waals surface area contributed by atoms with E-state index in [1.54, 1.807) is 0 Å². The third kappa shape index (κ3) is 0.832. The molecule has 4 nitrogen and oxygen atoms in total. The number of rotatable bonds is 0. The zero-order valence-electron chi connectivity index (χ0n) is 6.15. The standard InChI is InChI=1S/C7H9N3O/c1-10-3-2-5-6(10)8-4-9-7(5)11/h2-4,7,11H,1H3,(H,8,9). The number of fused-ring (bicyclic) bond motifs is 1. The number of nitrogens with one attached hydrogen (secondary N) is 1. The molecule has 1 aromatic rings. The van der Waals surface area contributed by atoms with Gasteiger partial charge < -0.3 is 15.0 Å². The predicted octanol–water partition coefficient (Wildman–Crippen LogP) is 0.470. The molecular formula is C7H9N3O. The van der Waals surface area contributed by atoms with Crippen molar-refractivity contribution in [3.63, 3.8) is 0 Å². The smallest absolute Gasteiger partial charge is 0.176 e. The number of aliphatic imine (C=N–C) groups is 1. The molecule has 0 fully saturated rings. The number of aryl methyl sites for hydroxylation is 1. The fourth-order valence-corrected chi connectivity index (χ4v) is 1.19. The van der Waals surface area contributed by atoms with Crippen LogP contribution in [-0.2, 0) is 7.05 Å². The van der Waals surface area contributed by atoms with Crippen molar-refractivity contribution < 1.29 is 5.11 Å². The molecule has 0 saturated heterocycles. The quantitative estimate of drug-likeness (QED) is 0.566. The summed E-state index contributed by atoms with van der Waals surface area (Å²) >= 11 is 0. The van der Waals surface area contributed by atoms with Crippen LogP contribution >= 0.6 is 0 Å². The highest BCUT2D eigenvalue weighted by Crippen LogP contribution is 2.26. The lowest BCUT2D eigenvalue weighted by molar-refractivity contribution is 0.189. The molecule has 58 valence electrons. The van der Waals surface area contributed by atoms with E-state index >= 15 is 0 Å². The Bertz CT molecular complexity index is 303. The van der Waals surface area contributed by atoms with Crippen molar-refractivity contribution in [2.45, 2.75) is 6.23 Å². The first kappa shape index (κ1) is 6.42. The van der Waals surface area contributed by atoms with Gasteiger partial charge in [0.15, 0.2) is 6.23 Å². The Morgan fingerprint density at radius 3 is 3.27 bits per heavy atom. The second-order valence-electron chi connectivity index (χ2n) is 2.53. The SMILES string of the molecule is Cn1ccc2c1NC=NC2O. The molecule has 1 aliphatic heterocycles. The lowest BCUT2D eigenvalue weighted by Crippen LogP contribution is -2.10. The average molecular weight is 151 g/mol. The summed E-state index contributed by atoms with van der Waals surface area (Å²) in [6.45, 7) is 0. The third-order valence-electron chi connectivity index (χ3n) is 1.80. The highest BCUT2D eigenvalue weighted by Gasteiger charge is 2.16. The molecule has 4 heteroatoms. The number of hydrogen-bond acceptors (Lipinski definition) is 3. The van der Waals surface area contributed by atoms with Crippen molar-refractivity contribution in [1.82, 2.24) is 4.57 Å². The average Bonchev–Trinajstić information content (AvgIpc) is 2.35. The van der Waals surface area contributed by atoms with Gasteiger partial charge in [0.1, 0.15) is 5.82 Å². The molecule has 2 N–H and O–H groups in total.